The molecule has 1 aromatic heterocycles. The monoisotopic (exact) mass is 339 g/mol. The molecule has 0 bridgehead atoms. The van der Waals surface area contributed by atoms with Gasteiger partial charge in [-0.1, -0.05) is 30.3 Å². The van der Waals surface area contributed by atoms with Gasteiger partial charge < -0.3 is 10.1 Å². The first kappa shape index (κ1) is 16.7. The van der Waals surface area contributed by atoms with E-state index in [2.05, 4.69) is 21.1 Å². The molecule has 0 aliphatic carbocycles. The highest BCUT2D eigenvalue weighted by molar-refractivity contribution is 5.94. The number of rotatable bonds is 5. The van der Waals surface area contributed by atoms with Gasteiger partial charge in [0.15, 0.2) is 0 Å². The summed E-state index contributed by atoms with van der Waals surface area (Å²) in [7, 11) is 0. The Labute approximate surface area is 143 Å². The summed E-state index contributed by atoms with van der Waals surface area (Å²) in [6.45, 7) is -0.915. The van der Waals surface area contributed by atoms with E-state index in [4.69, 9.17) is 0 Å². The van der Waals surface area contributed by atoms with Crippen molar-refractivity contribution in [1.29, 1.82) is 5.26 Å². The number of ether oxygens (including phenoxy) is 1. The highest BCUT2D eigenvalue weighted by atomic mass is 19.3. The number of aromatic nitrogens is 1. The second kappa shape index (κ2) is 7.14. The number of alkyl halides is 2. The Bertz CT molecular complexity index is 920. The van der Waals surface area contributed by atoms with Gasteiger partial charge in [-0.2, -0.15) is 14.0 Å². The molecular formula is C19H15F2N3O. The molecular weight excluding hydrogens is 324 g/mol. The van der Waals surface area contributed by atoms with Crippen molar-refractivity contribution in [1.82, 2.24) is 4.98 Å². The maximum Gasteiger partial charge on any atom is 0.387 e. The molecule has 25 heavy (non-hydrogen) atoms. The van der Waals surface area contributed by atoms with Crippen LogP contribution in [-0.2, 0) is 0 Å². The number of fused-ring (bicyclic) bond motifs is 1. The van der Waals surface area contributed by atoms with Crippen LogP contribution in [0, 0.1) is 11.3 Å². The van der Waals surface area contributed by atoms with E-state index in [0.29, 0.717) is 11.3 Å². The lowest BCUT2D eigenvalue weighted by Crippen LogP contribution is -2.09. The summed E-state index contributed by atoms with van der Waals surface area (Å²) in [6, 6.07) is 16.0. The van der Waals surface area contributed by atoms with Gasteiger partial charge in [-0.3, -0.25) is 4.98 Å². The molecule has 0 spiro atoms. The van der Waals surface area contributed by atoms with Crippen molar-refractivity contribution in [3.63, 3.8) is 0 Å². The van der Waals surface area contributed by atoms with Gasteiger partial charge in [-0.25, -0.2) is 0 Å². The molecule has 0 aliphatic rings. The van der Waals surface area contributed by atoms with Crippen LogP contribution < -0.4 is 10.1 Å². The van der Waals surface area contributed by atoms with Gasteiger partial charge >= 0.3 is 6.61 Å². The summed E-state index contributed by atoms with van der Waals surface area (Å²) in [4.78, 5) is 4.28. The first-order chi connectivity index (χ1) is 12.1. The fourth-order valence-corrected chi connectivity index (χ4v) is 2.62. The third kappa shape index (κ3) is 3.66. The predicted octanol–water partition coefficient (Wildman–Crippen LogP) is 4.88. The molecule has 3 aromatic rings. The van der Waals surface area contributed by atoms with Crippen molar-refractivity contribution in [3.05, 3.63) is 65.9 Å². The minimum Gasteiger partial charge on any atom is -0.435 e. The Hall–Kier alpha value is -3.20. The van der Waals surface area contributed by atoms with Crippen LogP contribution in [0.3, 0.4) is 0 Å². The fraction of sp³-hybridized carbons (Fsp3) is 0.158. The SMILES string of the molecule is CC(Nc1c(C#N)cnc2ccccc12)c1ccc(OC(F)F)cc1. The Morgan fingerprint density at radius 1 is 1.12 bits per heavy atom. The first-order valence-corrected chi connectivity index (χ1v) is 7.67. The van der Waals surface area contributed by atoms with Gasteiger partial charge in [0.1, 0.15) is 11.8 Å². The number of nitrogens with zero attached hydrogens (tertiary/aromatic N) is 2. The van der Waals surface area contributed by atoms with Crippen molar-refractivity contribution in [2.45, 2.75) is 19.6 Å². The minimum absolute atomic E-state index is 0.109. The van der Waals surface area contributed by atoms with Crippen LogP contribution >= 0.6 is 0 Å². The Kier molecular flexibility index (Phi) is 4.75. The molecule has 0 fully saturated rings. The topological polar surface area (TPSA) is 57.9 Å². The van der Waals surface area contributed by atoms with Crippen molar-refractivity contribution in [2.75, 3.05) is 5.32 Å². The summed E-state index contributed by atoms with van der Waals surface area (Å²) in [5, 5.41) is 13.5. The van der Waals surface area contributed by atoms with Gasteiger partial charge in [0.25, 0.3) is 0 Å². The van der Waals surface area contributed by atoms with Crippen LogP contribution in [0.5, 0.6) is 5.75 Å². The normalized spacial score (nSPS) is 12.0. The number of hydrogen-bond donors (Lipinski definition) is 1. The van der Waals surface area contributed by atoms with Crippen LogP contribution in [0.25, 0.3) is 10.9 Å². The first-order valence-electron chi connectivity index (χ1n) is 7.67. The zero-order valence-corrected chi connectivity index (χ0v) is 13.4. The Morgan fingerprint density at radius 3 is 2.52 bits per heavy atom. The number of anilines is 1. The van der Waals surface area contributed by atoms with Crippen LogP contribution in [0.4, 0.5) is 14.5 Å². The lowest BCUT2D eigenvalue weighted by atomic mass is 10.1. The number of nitrogens with one attached hydrogen (secondary N) is 1. The largest absolute Gasteiger partial charge is 0.435 e. The van der Waals surface area contributed by atoms with E-state index >= 15 is 0 Å². The fourth-order valence-electron chi connectivity index (χ4n) is 2.62. The number of pyridine rings is 1. The number of nitriles is 1. The number of benzene rings is 2. The van der Waals surface area contributed by atoms with Crippen molar-refractivity contribution in [2.24, 2.45) is 0 Å². The summed E-state index contributed by atoms with van der Waals surface area (Å²) in [6.07, 6.45) is 1.54. The lowest BCUT2D eigenvalue weighted by Gasteiger charge is -2.18. The molecule has 1 atom stereocenters. The lowest BCUT2D eigenvalue weighted by molar-refractivity contribution is -0.0498. The third-order valence-electron chi connectivity index (χ3n) is 3.86. The van der Waals surface area contributed by atoms with E-state index in [1.807, 2.05) is 31.2 Å². The molecule has 1 heterocycles. The molecule has 2 aromatic carbocycles. The maximum atomic E-state index is 12.2. The molecule has 1 unspecified atom stereocenters. The highest BCUT2D eigenvalue weighted by Crippen LogP contribution is 2.29. The third-order valence-corrected chi connectivity index (χ3v) is 3.86. The summed E-state index contributed by atoms with van der Waals surface area (Å²) >= 11 is 0. The molecule has 6 heteroatoms. The van der Waals surface area contributed by atoms with E-state index in [0.717, 1.165) is 16.5 Å². The van der Waals surface area contributed by atoms with Crippen LogP contribution in [0.1, 0.15) is 24.1 Å². The van der Waals surface area contributed by atoms with E-state index in [1.54, 1.807) is 12.1 Å². The molecule has 0 aliphatic heterocycles. The zero-order valence-electron chi connectivity index (χ0n) is 13.4. The van der Waals surface area contributed by atoms with Gasteiger partial charge in [0, 0.05) is 17.6 Å². The Balaban J connectivity index is 1.89. The quantitative estimate of drug-likeness (QED) is 0.720. The van der Waals surface area contributed by atoms with Crippen molar-refractivity contribution >= 4 is 16.6 Å². The smallest absolute Gasteiger partial charge is 0.387 e. The Morgan fingerprint density at radius 2 is 1.84 bits per heavy atom. The second-order valence-corrected chi connectivity index (χ2v) is 5.49. The number of halogens is 2. The van der Waals surface area contributed by atoms with E-state index < -0.39 is 6.61 Å². The van der Waals surface area contributed by atoms with Crippen LogP contribution in [0.2, 0.25) is 0 Å². The van der Waals surface area contributed by atoms with E-state index in [9.17, 15) is 14.0 Å². The molecule has 0 saturated carbocycles. The molecule has 3 rings (SSSR count). The molecule has 0 saturated heterocycles. The summed E-state index contributed by atoms with van der Waals surface area (Å²) in [5.74, 6) is 0.109. The average molecular weight is 339 g/mol. The standard InChI is InChI=1S/C19H15F2N3O/c1-12(13-6-8-15(9-7-13)25-19(20)21)24-18-14(10-22)11-23-17-5-3-2-4-16(17)18/h2-9,11-12,19H,1H3,(H,23,24). The maximum absolute atomic E-state index is 12.2. The van der Waals surface area contributed by atoms with Crippen LogP contribution in [-0.4, -0.2) is 11.6 Å². The minimum atomic E-state index is -2.84. The number of para-hydroxylation sites is 1. The molecule has 4 nitrogen and oxygen atoms in total. The van der Waals surface area contributed by atoms with E-state index in [-0.39, 0.29) is 11.8 Å². The van der Waals surface area contributed by atoms with Gasteiger partial charge in [-0.15, -0.1) is 0 Å². The second-order valence-electron chi connectivity index (χ2n) is 5.49. The molecule has 0 amide bonds. The number of hydrogen-bond acceptors (Lipinski definition) is 4. The van der Waals surface area contributed by atoms with Crippen molar-refractivity contribution < 1.29 is 13.5 Å². The van der Waals surface area contributed by atoms with Gasteiger partial charge in [-0.05, 0) is 30.7 Å². The van der Waals surface area contributed by atoms with Crippen molar-refractivity contribution in [3.8, 4) is 11.8 Å². The summed E-state index contributed by atoms with van der Waals surface area (Å²) in [5.41, 5.74) is 2.82. The van der Waals surface area contributed by atoms with Gasteiger partial charge in [0.05, 0.1) is 16.8 Å². The molecule has 1 N–H and O–H groups in total. The predicted molar refractivity (Wildman–Crippen MR) is 91.6 cm³/mol. The van der Waals surface area contributed by atoms with E-state index in [1.165, 1.54) is 18.3 Å². The molecule has 0 radical (unpaired) electrons. The average Bonchev–Trinajstić information content (AvgIpc) is 2.62. The highest BCUT2D eigenvalue weighted by Gasteiger charge is 2.13. The zero-order chi connectivity index (χ0) is 17.8. The summed E-state index contributed by atoms with van der Waals surface area (Å²) < 4.78 is 28.8. The molecule has 126 valence electrons. The van der Waals surface area contributed by atoms with Crippen LogP contribution in [0.15, 0.2) is 54.7 Å². The van der Waals surface area contributed by atoms with Gasteiger partial charge in [0.2, 0.25) is 0 Å².